The van der Waals surface area contributed by atoms with Crippen LogP contribution in [0, 0.1) is 5.92 Å². The van der Waals surface area contributed by atoms with E-state index in [1.807, 2.05) is 25.2 Å². The van der Waals surface area contributed by atoms with Crippen LogP contribution in [0.25, 0.3) is 10.2 Å². The Kier molecular flexibility index (Phi) is 4.59. The second-order valence-corrected chi connectivity index (χ2v) is 9.35. The lowest BCUT2D eigenvalue weighted by Crippen LogP contribution is -2.26. The molecule has 0 unspecified atom stereocenters. The topological polar surface area (TPSA) is 67.5 Å². The third-order valence-corrected chi connectivity index (χ3v) is 7.26. The monoisotopic (exact) mass is 411 g/mol. The zero-order chi connectivity index (χ0) is 20.1. The van der Waals surface area contributed by atoms with Crippen LogP contribution in [0.4, 0.5) is 0 Å². The Morgan fingerprint density at radius 3 is 3.03 bits per heavy atom. The highest BCUT2D eigenvalue weighted by atomic mass is 32.1. The van der Waals surface area contributed by atoms with Crippen molar-refractivity contribution in [3.63, 3.8) is 0 Å². The average molecular weight is 412 g/mol. The summed E-state index contributed by atoms with van der Waals surface area (Å²) in [6.07, 6.45) is 3.19. The van der Waals surface area contributed by atoms with Gasteiger partial charge in [-0.2, -0.15) is 0 Å². The van der Waals surface area contributed by atoms with Gasteiger partial charge >= 0.3 is 0 Å². The summed E-state index contributed by atoms with van der Waals surface area (Å²) >= 11 is 1.70. The molecule has 0 fully saturated rings. The molecule has 1 N–H and O–H groups in total. The number of hydrogen-bond donors (Lipinski definition) is 1. The SMILES string of the molecule is C[C@@H]1CCc2c(sc3nc([C@@H](C)N(C)Cc4ccc5c(c4)OCO5)[nH]c(=O)c23)C1. The number of fused-ring (bicyclic) bond motifs is 4. The van der Waals surface area contributed by atoms with Crippen molar-refractivity contribution in [3.8, 4) is 11.5 Å². The molecule has 2 aliphatic rings. The fraction of sp³-hybridized carbons (Fsp3) is 0.455. The number of hydrogen-bond acceptors (Lipinski definition) is 6. The molecule has 152 valence electrons. The van der Waals surface area contributed by atoms with E-state index in [9.17, 15) is 4.79 Å². The van der Waals surface area contributed by atoms with E-state index in [4.69, 9.17) is 14.5 Å². The lowest BCUT2D eigenvalue weighted by atomic mass is 9.89. The van der Waals surface area contributed by atoms with Gasteiger partial charge in [0.15, 0.2) is 11.5 Å². The molecule has 0 saturated carbocycles. The number of aromatic amines is 1. The lowest BCUT2D eigenvalue weighted by molar-refractivity contribution is 0.174. The number of H-pyrrole nitrogens is 1. The van der Waals surface area contributed by atoms with Crippen molar-refractivity contribution in [2.75, 3.05) is 13.8 Å². The Morgan fingerprint density at radius 2 is 2.17 bits per heavy atom. The molecular formula is C22H25N3O3S. The second kappa shape index (κ2) is 7.15. The van der Waals surface area contributed by atoms with Gasteiger partial charge in [0.2, 0.25) is 6.79 Å². The highest BCUT2D eigenvalue weighted by molar-refractivity contribution is 7.18. The fourth-order valence-electron chi connectivity index (χ4n) is 4.24. The average Bonchev–Trinajstić information content (AvgIpc) is 3.30. The Hall–Kier alpha value is -2.38. The molecule has 1 aliphatic carbocycles. The summed E-state index contributed by atoms with van der Waals surface area (Å²) in [7, 11) is 2.04. The first-order valence-corrected chi connectivity index (χ1v) is 10.9. The van der Waals surface area contributed by atoms with Gasteiger partial charge in [-0.15, -0.1) is 11.3 Å². The summed E-state index contributed by atoms with van der Waals surface area (Å²) in [5.74, 6) is 2.98. The van der Waals surface area contributed by atoms with Gasteiger partial charge < -0.3 is 14.5 Å². The van der Waals surface area contributed by atoms with Crippen LogP contribution >= 0.6 is 11.3 Å². The first-order valence-electron chi connectivity index (χ1n) is 10.1. The van der Waals surface area contributed by atoms with Gasteiger partial charge in [-0.1, -0.05) is 13.0 Å². The molecule has 6 nitrogen and oxygen atoms in total. The van der Waals surface area contributed by atoms with Crippen molar-refractivity contribution in [3.05, 3.63) is 50.4 Å². The highest BCUT2D eigenvalue weighted by Gasteiger charge is 2.24. The van der Waals surface area contributed by atoms with Crippen molar-refractivity contribution in [1.29, 1.82) is 0 Å². The van der Waals surface area contributed by atoms with Crippen LogP contribution in [0.3, 0.4) is 0 Å². The van der Waals surface area contributed by atoms with E-state index in [0.717, 1.165) is 58.9 Å². The van der Waals surface area contributed by atoms with E-state index in [2.05, 4.69) is 23.7 Å². The molecule has 0 spiro atoms. The van der Waals surface area contributed by atoms with Gasteiger partial charge in [0.1, 0.15) is 10.7 Å². The number of aryl methyl sites for hydroxylation is 1. The third kappa shape index (κ3) is 3.32. The van der Waals surface area contributed by atoms with E-state index in [1.54, 1.807) is 11.3 Å². The van der Waals surface area contributed by atoms with Crippen LogP contribution in [0.2, 0.25) is 0 Å². The quantitative estimate of drug-likeness (QED) is 0.702. The van der Waals surface area contributed by atoms with E-state index in [-0.39, 0.29) is 18.4 Å². The maximum atomic E-state index is 12.9. The molecule has 7 heteroatoms. The summed E-state index contributed by atoms with van der Waals surface area (Å²) in [6, 6.07) is 5.99. The maximum absolute atomic E-state index is 12.9. The predicted molar refractivity (Wildman–Crippen MR) is 114 cm³/mol. The van der Waals surface area contributed by atoms with Crippen LogP contribution in [0.1, 0.15) is 48.1 Å². The number of nitrogens with zero attached hydrogens (tertiary/aromatic N) is 2. The zero-order valence-electron chi connectivity index (χ0n) is 16.9. The number of thiophene rings is 1. The van der Waals surface area contributed by atoms with E-state index >= 15 is 0 Å². The predicted octanol–water partition coefficient (Wildman–Crippen LogP) is 4.03. The highest BCUT2D eigenvalue weighted by Crippen LogP contribution is 2.36. The lowest BCUT2D eigenvalue weighted by Gasteiger charge is -2.24. The molecule has 3 heterocycles. The maximum Gasteiger partial charge on any atom is 0.259 e. The summed E-state index contributed by atoms with van der Waals surface area (Å²) in [5.41, 5.74) is 2.36. The number of ether oxygens (including phenoxy) is 2. The standard InChI is InChI=1S/C22H25N3O3S/c1-12-4-6-15-18(8-12)29-22-19(15)21(26)23-20(24-22)13(2)25(3)10-14-5-7-16-17(9-14)28-11-27-16/h5,7,9,12-13H,4,6,8,10-11H2,1-3H3,(H,23,24,26)/t12-,13-/m1/s1. The number of benzene rings is 1. The Morgan fingerprint density at radius 1 is 1.34 bits per heavy atom. The van der Waals surface area contributed by atoms with Crippen molar-refractivity contribution in [1.82, 2.24) is 14.9 Å². The minimum Gasteiger partial charge on any atom is -0.454 e. The Balaban J connectivity index is 1.41. The van der Waals surface area contributed by atoms with Crippen molar-refractivity contribution < 1.29 is 9.47 Å². The number of nitrogens with one attached hydrogen (secondary N) is 1. The van der Waals surface area contributed by atoms with E-state index in [1.165, 1.54) is 10.4 Å². The van der Waals surface area contributed by atoms with Crippen LogP contribution in [0.5, 0.6) is 11.5 Å². The van der Waals surface area contributed by atoms with Gasteiger partial charge in [0.05, 0.1) is 11.4 Å². The first-order chi connectivity index (χ1) is 14.0. The first kappa shape index (κ1) is 18.6. The van der Waals surface area contributed by atoms with Gasteiger partial charge in [-0.05, 0) is 62.4 Å². The largest absolute Gasteiger partial charge is 0.454 e. The molecule has 0 amide bonds. The molecule has 2 aromatic heterocycles. The van der Waals surface area contributed by atoms with Crippen LogP contribution < -0.4 is 15.0 Å². The molecule has 5 rings (SSSR count). The van der Waals surface area contributed by atoms with E-state index in [0.29, 0.717) is 5.92 Å². The molecule has 29 heavy (non-hydrogen) atoms. The minimum absolute atomic E-state index is 0.000354. The summed E-state index contributed by atoms with van der Waals surface area (Å²) < 4.78 is 10.9. The molecule has 0 saturated heterocycles. The zero-order valence-corrected chi connectivity index (χ0v) is 17.8. The number of aromatic nitrogens is 2. The van der Waals surface area contributed by atoms with Gasteiger partial charge in [0, 0.05) is 11.4 Å². The van der Waals surface area contributed by atoms with Gasteiger partial charge in [0.25, 0.3) is 5.56 Å². The summed E-state index contributed by atoms with van der Waals surface area (Å²) in [5, 5.41) is 0.811. The van der Waals surface area contributed by atoms with Crippen molar-refractivity contribution in [2.45, 2.75) is 45.7 Å². The molecule has 1 aromatic carbocycles. The van der Waals surface area contributed by atoms with Crippen LogP contribution in [0.15, 0.2) is 23.0 Å². The molecule has 1 aliphatic heterocycles. The van der Waals surface area contributed by atoms with Crippen molar-refractivity contribution >= 4 is 21.6 Å². The second-order valence-electron chi connectivity index (χ2n) is 8.26. The third-order valence-electron chi connectivity index (χ3n) is 6.11. The molecule has 0 bridgehead atoms. The number of rotatable bonds is 4. The van der Waals surface area contributed by atoms with E-state index < -0.39 is 0 Å². The van der Waals surface area contributed by atoms with Crippen LogP contribution in [-0.4, -0.2) is 28.7 Å². The fourth-order valence-corrected chi connectivity index (χ4v) is 5.63. The summed E-state index contributed by atoms with van der Waals surface area (Å²) in [4.78, 5) is 25.2. The van der Waals surface area contributed by atoms with Crippen molar-refractivity contribution in [2.24, 2.45) is 5.92 Å². The minimum atomic E-state index is -0.0180. The molecule has 2 atom stereocenters. The molecular weight excluding hydrogens is 386 g/mol. The van der Waals surface area contributed by atoms with Crippen LogP contribution in [-0.2, 0) is 19.4 Å². The van der Waals surface area contributed by atoms with Gasteiger partial charge in [-0.25, -0.2) is 4.98 Å². The van der Waals surface area contributed by atoms with Gasteiger partial charge in [-0.3, -0.25) is 9.69 Å². The molecule has 3 aromatic rings. The Labute approximate surface area is 173 Å². The molecule has 0 radical (unpaired) electrons. The normalized spacial score (nSPS) is 19.0. The smallest absolute Gasteiger partial charge is 0.259 e. The summed E-state index contributed by atoms with van der Waals surface area (Å²) in [6.45, 7) is 5.36. The Bertz CT molecular complexity index is 1140.